The minimum atomic E-state index is -1.78. The number of rotatable bonds is 6. The zero-order valence-corrected chi connectivity index (χ0v) is 25.8. The van der Waals surface area contributed by atoms with E-state index in [9.17, 15) is 39.3 Å². The first-order chi connectivity index (χ1) is 23.6. The van der Waals surface area contributed by atoms with Crippen LogP contribution >= 0.6 is 0 Å². The van der Waals surface area contributed by atoms with E-state index >= 15 is 0 Å². The number of carbonyl (C=O) groups is 4. The molecule has 10 nitrogen and oxygen atoms in total. The Labute approximate surface area is 278 Å². The van der Waals surface area contributed by atoms with Crippen LogP contribution in [0.2, 0.25) is 0 Å². The van der Waals surface area contributed by atoms with Gasteiger partial charge in [0.1, 0.15) is 0 Å². The molecule has 12 heteroatoms. The summed E-state index contributed by atoms with van der Waals surface area (Å²) >= 11 is 0. The molecule has 0 fully saturated rings. The van der Waals surface area contributed by atoms with Crippen LogP contribution in [0.25, 0.3) is 43.1 Å². The van der Waals surface area contributed by atoms with E-state index < -0.39 is 32.0 Å². The molecule has 0 aromatic heterocycles. The fourth-order valence-electron chi connectivity index (χ4n) is 7.18. The molecule has 0 bridgehead atoms. The van der Waals surface area contributed by atoms with Crippen molar-refractivity contribution in [3.63, 3.8) is 0 Å². The minimum absolute atomic E-state index is 0.124. The molecule has 4 N–H and O–H groups in total. The Bertz CT molecular complexity index is 2520. The van der Waals surface area contributed by atoms with Crippen LogP contribution in [-0.2, 0) is 4.79 Å². The summed E-state index contributed by atoms with van der Waals surface area (Å²) in [6.45, 7) is 1.88. The maximum atomic E-state index is 14.1. The van der Waals surface area contributed by atoms with Gasteiger partial charge >= 0.3 is 14.2 Å². The molecule has 0 unspecified atom stereocenters. The lowest BCUT2D eigenvalue weighted by molar-refractivity contribution is -0.106. The van der Waals surface area contributed by atoms with E-state index in [1.54, 1.807) is 36.4 Å². The molecule has 236 valence electrons. The Hall–Kier alpha value is -5.91. The molecule has 0 radical (unpaired) electrons. The summed E-state index contributed by atoms with van der Waals surface area (Å²) < 4.78 is 0. The molecule has 1 aliphatic heterocycles. The highest BCUT2D eigenvalue weighted by atomic mass is 16.4. The van der Waals surface area contributed by atoms with Crippen LogP contribution in [0, 0.1) is 6.92 Å². The van der Waals surface area contributed by atoms with E-state index in [1.807, 2.05) is 31.2 Å². The lowest BCUT2D eigenvalue weighted by Gasteiger charge is -2.29. The summed E-state index contributed by atoms with van der Waals surface area (Å²) in [7, 11) is -3.56. The average molecular weight is 646 g/mol. The highest BCUT2D eigenvalue weighted by Crippen LogP contribution is 2.45. The van der Waals surface area contributed by atoms with Crippen LogP contribution in [-0.4, -0.2) is 58.5 Å². The number of benzene rings is 7. The van der Waals surface area contributed by atoms with E-state index in [4.69, 9.17) is 0 Å². The van der Waals surface area contributed by atoms with Crippen molar-refractivity contribution in [3.05, 3.63) is 119 Å². The molecule has 0 saturated heterocycles. The van der Waals surface area contributed by atoms with Gasteiger partial charge in [0, 0.05) is 22.1 Å². The summed E-state index contributed by atoms with van der Waals surface area (Å²) in [6, 6.07) is 26.2. The molecule has 0 atom stereocenters. The van der Waals surface area contributed by atoms with Crippen LogP contribution in [0.1, 0.15) is 36.6 Å². The van der Waals surface area contributed by atoms with Gasteiger partial charge in [-0.25, -0.2) is 9.80 Å². The molecule has 7 aromatic carbocycles. The van der Waals surface area contributed by atoms with Gasteiger partial charge in [-0.1, -0.05) is 54.6 Å². The molecule has 0 aliphatic carbocycles. The first-order valence-electron chi connectivity index (χ1n) is 15.4. The molecule has 0 saturated carbocycles. The lowest BCUT2D eigenvalue weighted by Crippen LogP contribution is -2.41. The number of aryl methyl sites for hydroxylation is 1. The van der Waals surface area contributed by atoms with Crippen LogP contribution in [0.15, 0.2) is 97.1 Å². The second kappa shape index (κ2) is 11.1. The number of nitrogens with zero attached hydrogens (tertiary/aromatic N) is 2. The van der Waals surface area contributed by atoms with Crippen molar-refractivity contribution >= 4 is 104 Å². The first-order valence-corrected chi connectivity index (χ1v) is 15.4. The summed E-state index contributed by atoms with van der Waals surface area (Å²) in [5.41, 5.74) is 2.36. The van der Waals surface area contributed by atoms with Crippen molar-refractivity contribution in [2.75, 3.05) is 9.80 Å². The van der Waals surface area contributed by atoms with Crippen molar-refractivity contribution < 1.29 is 39.3 Å². The standard InChI is InChI=1S/C37H24B2N2O8/c1-19-8-9-24-26-11-14-29-34-30(37(45)41(36(29)44)23-7-3-5-21(17-23)39(48)49)15-12-27(33(26)34)25-10-13-28(31(19)32(24)25)35(43)40(18-42)22-6-2-4-20(16-22)38(46)47/h2-18,46-49H,1H3. The highest BCUT2D eigenvalue weighted by molar-refractivity contribution is 6.59. The van der Waals surface area contributed by atoms with Gasteiger partial charge in [-0.15, -0.1) is 0 Å². The number of hydrogen-bond donors (Lipinski definition) is 4. The second-order valence-corrected chi connectivity index (χ2v) is 12.1. The third-order valence-corrected chi connectivity index (χ3v) is 9.40. The van der Waals surface area contributed by atoms with Crippen LogP contribution in [0.3, 0.4) is 0 Å². The number of amides is 4. The van der Waals surface area contributed by atoms with Gasteiger partial charge in [-0.05, 0) is 104 Å². The number of carbonyl (C=O) groups excluding carboxylic acids is 4. The van der Waals surface area contributed by atoms with Gasteiger partial charge in [0.2, 0.25) is 6.41 Å². The highest BCUT2D eigenvalue weighted by Gasteiger charge is 2.36. The molecule has 7 aromatic rings. The maximum absolute atomic E-state index is 14.1. The van der Waals surface area contributed by atoms with Gasteiger partial charge in [0.05, 0.1) is 11.4 Å². The van der Waals surface area contributed by atoms with Crippen LogP contribution in [0.5, 0.6) is 0 Å². The first kappa shape index (κ1) is 30.4. The second-order valence-electron chi connectivity index (χ2n) is 12.1. The summed E-state index contributed by atoms with van der Waals surface area (Å²) in [5.74, 6) is -1.69. The third kappa shape index (κ3) is 4.39. The zero-order valence-electron chi connectivity index (χ0n) is 25.8. The van der Waals surface area contributed by atoms with E-state index in [-0.39, 0.29) is 27.9 Å². The SMILES string of the molecule is Cc1ccc2c3ccc4c5c(ccc(c6ccc(C(=O)N(C=O)c7cccc(B(O)O)c7)c1c26)c53)C(=O)N(c1cccc(B(O)O)c1)C4=O. The molecule has 49 heavy (non-hydrogen) atoms. The Morgan fingerprint density at radius 1 is 0.653 bits per heavy atom. The smallest absolute Gasteiger partial charge is 0.423 e. The molecular weight excluding hydrogens is 622 g/mol. The minimum Gasteiger partial charge on any atom is -0.423 e. The summed E-state index contributed by atoms with van der Waals surface area (Å²) in [5, 5.41) is 44.5. The topological polar surface area (TPSA) is 156 Å². The summed E-state index contributed by atoms with van der Waals surface area (Å²) in [4.78, 5) is 56.3. The molecule has 8 rings (SSSR count). The van der Waals surface area contributed by atoms with Crippen molar-refractivity contribution in [1.29, 1.82) is 0 Å². The Morgan fingerprint density at radius 2 is 1.18 bits per heavy atom. The molecular formula is C37H24B2N2O8. The van der Waals surface area contributed by atoms with Crippen molar-refractivity contribution in [1.82, 2.24) is 0 Å². The number of hydrogen-bond acceptors (Lipinski definition) is 8. The lowest BCUT2D eigenvalue weighted by atomic mass is 9.80. The average Bonchev–Trinajstić information content (AvgIpc) is 3.10. The Balaban J connectivity index is 1.34. The van der Waals surface area contributed by atoms with E-state index in [0.29, 0.717) is 28.3 Å². The molecule has 1 heterocycles. The number of fused-ring (bicyclic) bond motifs is 2. The van der Waals surface area contributed by atoms with Crippen LogP contribution < -0.4 is 20.7 Å². The van der Waals surface area contributed by atoms with Crippen molar-refractivity contribution in [3.8, 4) is 0 Å². The van der Waals surface area contributed by atoms with Gasteiger partial charge in [-0.3, -0.25) is 19.2 Å². The predicted octanol–water partition coefficient (Wildman–Crippen LogP) is 3.01. The van der Waals surface area contributed by atoms with Crippen molar-refractivity contribution in [2.45, 2.75) is 6.92 Å². The predicted molar refractivity (Wildman–Crippen MR) is 189 cm³/mol. The normalized spacial score (nSPS) is 12.8. The monoisotopic (exact) mass is 646 g/mol. The van der Waals surface area contributed by atoms with Gasteiger partial charge in [-0.2, -0.15) is 0 Å². The van der Waals surface area contributed by atoms with Gasteiger partial charge in [0.15, 0.2) is 0 Å². The van der Waals surface area contributed by atoms with E-state index in [1.165, 1.54) is 36.4 Å². The molecule has 4 amide bonds. The quantitative estimate of drug-likeness (QED) is 0.0707. The van der Waals surface area contributed by atoms with E-state index in [0.717, 1.165) is 47.7 Å². The van der Waals surface area contributed by atoms with Gasteiger partial charge < -0.3 is 20.1 Å². The van der Waals surface area contributed by atoms with Crippen molar-refractivity contribution in [2.24, 2.45) is 0 Å². The third-order valence-electron chi connectivity index (χ3n) is 9.40. The fourth-order valence-corrected chi connectivity index (χ4v) is 7.18. The Morgan fingerprint density at radius 3 is 1.78 bits per heavy atom. The molecule has 1 aliphatic rings. The Kier molecular flexibility index (Phi) is 6.88. The fraction of sp³-hybridized carbons (Fsp3) is 0.0270. The largest absolute Gasteiger partial charge is 0.488 e. The maximum Gasteiger partial charge on any atom is 0.488 e. The summed E-state index contributed by atoms with van der Waals surface area (Å²) in [6.07, 6.45) is 0.396. The van der Waals surface area contributed by atoms with Crippen LogP contribution in [0.4, 0.5) is 11.4 Å². The molecule has 0 spiro atoms. The zero-order chi connectivity index (χ0) is 34.3. The van der Waals surface area contributed by atoms with Gasteiger partial charge in [0.25, 0.3) is 17.7 Å². The number of imide groups is 2. The number of anilines is 2. The van der Waals surface area contributed by atoms with E-state index in [2.05, 4.69) is 0 Å².